The van der Waals surface area contributed by atoms with E-state index in [1.807, 2.05) is 26.0 Å². The Morgan fingerprint density at radius 1 is 1.47 bits per heavy atom. The van der Waals surface area contributed by atoms with E-state index in [0.29, 0.717) is 6.54 Å². The van der Waals surface area contributed by atoms with Gasteiger partial charge in [0.1, 0.15) is 5.75 Å². The van der Waals surface area contributed by atoms with E-state index < -0.39 is 5.97 Å². The average Bonchev–Trinajstić information content (AvgIpc) is 2.26. The van der Waals surface area contributed by atoms with Crippen LogP contribution in [0.1, 0.15) is 22.1 Å². The first kappa shape index (κ1) is 15.8. The number of alkyl halides is 1. The van der Waals surface area contributed by atoms with Gasteiger partial charge in [-0.25, -0.2) is 0 Å². The standard InChI is InChI=1S/C14H20ClNO3/c1-9-5-10(2)14(19-4)11(6-9)12(15)7-16(3)8-13(17)18/h5-6,12H,7-8H2,1-4H3,(H,17,18). The lowest BCUT2D eigenvalue weighted by atomic mass is 10.0. The zero-order chi connectivity index (χ0) is 14.6. The van der Waals surface area contributed by atoms with E-state index in [9.17, 15) is 4.79 Å². The predicted octanol–water partition coefficient (Wildman–Crippen LogP) is 2.61. The maximum Gasteiger partial charge on any atom is 0.317 e. The van der Waals surface area contributed by atoms with Gasteiger partial charge in [-0.3, -0.25) is 9.69 Å². The van der Waals surface area contributed by atoms with Crippen molar-refractivity contribution in [2.24, 2.45) is 0 Å². The zero-order valence-electron chi connectivity index (χ0n) is 11.7. The summed E-state index contributed by atoms with van der Waals surface area (Å²) in [4.78, 5) is 12.3. The van der Waals surface area contributed by atoms with Crippen molar-refractivity contribution in [1.82, 2.24) is 4.90 Å². The van der Waals surface area contributed by atoms with Crippen LogP contribution in [0.2, 0.25) is 0 Å². The van der Waals surface area contributed by atoms with Gasteiger partial charge in [0.05, 0.1) is 19.0 Å². The fourth-order valence-electron chi connectivity index (χ4n) is 2.17. The molecule has 0 spiro atoms. The smallest absolute Gasteiger partial charge is 0.317 e. The third kappa shape index (κ3) is 4.40. The van der Waals surface area contributed by atoms with Crippen molar-refractivity contribution in [3.63, 3.8) is 0 Å². The lowest BCUT2D eigenvalue weighted by Gasteiger charge is -2.21. The minimum absolute atomic E-state index is 0.0314. The highest BCUT2D eigenvalue weighted by molar-refractivity contribution is 6.21. The van der Waals surface area contributed by atoms with E-state index in [4.69, 9.17) is 21.4 Å². The van der Waals surface area contributed by atoms with Crippen molar-refractivity contribution < 1.29 is 14.6 Å². The van der Waals surface area contributed by atoms with E-state index in [2.05, 4.69) is 0 Å². The summed E-state index contributed by atoms with van der Waals surface area (Å²) in [7, 11) is 3.35. The van der Waals surface area contributed by atoms with E-state index >= 15 is 0 Å². The van der Waals surface area contributed by atoms with Crippen LogP contribution in [0.3, 0.4) is 0 Å². The van der Waals surface area contributed by atoms with Crippen LogP contribution in [0.25, 0.3) is 0 Å². The third-order valence-corrected chi connectivity index (χ3v) is 3.24. The van der Waals surface area contributed by atoms with Gasteiger partial charge in [-0.1, -0.05) is 17.7 Å². The number of aryl methyl sites for hydroxylation is 2. The predicted molar refractivity (Wildman–Crippen MR) is 76.2 cm³/mol. The Labute approximate surface area is 118 Å². The summed E-state index contributed by atoms with van der Waals surface area (Å²) in [6, 6.07) is 4.02. The maximum atomic E-state index is 10.6. The summed E-state index contributed by atoms with van der Waals surface area (Å²) < 4.78 is 5.40. The van der Waals surface area contributed by atoms with Crippen LogP contribution in [0, 0.1) is 13.8 Å². The Morgan fingerprint density at radius 3 is 2.63 bits per heavy atom. The lowest BCUT2D eigenvalue weighted by molar-refractivity contribution is -0.137. The molecule has 0 aliphatic heterocycles. The van der Waals surface area contributed by atoms with E-state index in [-0.39, 0.29) is 11.9 Å². The Bertz CT molecular complexity index is 462. The Morgan fingerprint density at radius 2 is 2.11 bits per heavy atom. The van der Waals surface area contributed by atoms with Gasteiger partial charge in [0.2, 0.25) is 0 Å². The number of carboxylic acid groups (broad SMARTS) is 1. The Balaban J connectivity index is 2.92. The molecule has 0 aromatic heterocycles. The highest BCUT2D eigenvalue weighted by Crippen LogP contribution is 2.33. The molecular weight excluding hydrogens is 266 g/mol. The number of rotatable bonds is 6. The van der Waals surface area contributed by atoms with Crippen LogP contribution in [-0.4, -0.2) is 43.2 Å². The Hall–Kier alpha value is -1.26. The fourth-order valence-corrected chi connectivity index (χ4v) is 2.56. The molecule has 1 aromatic carbocycles. The second-order valence-electron chi connectivity index (χ2n) is 4.76. The summed E-state index contributed by atoms with van der Waals surface area (Å²) in [6.07, 6.45) is 0. The quantitative estimate of drug-likeness (QED) is 0.816. The number of nitrogens with zero attached hydrogens (tertiary/aromatic N) is 1. The van der Waals surface area contributed by atoms with E-state index in [1.54, 1.807) is 19.1 Å². The number of ether oxygens (including phenoxy) is 1. The van der Waals surface area contributed by atoms with Gasteiger partial charge in [-0.2, -0.15) is 0 Å². The molecule has 0 saturated carbocycles. The van der Waals surface area contributed by atoms with Crippen LogP contribution in [0.5, 0.6) is 5.75 Å². The van der Waals surface area contributed by atoms with Crippen molar-refractivity contribution in [2.75, 3.05) is 27.2 Å². The van der Waals surface area contributed by atoms with Gasteiger partial charge in [0, 0.05) is 12.1 Å². The molecule has 0 radical (unpaired) electrons. The van der Waals surface area contributed by atoms with Crippen LogP contribution in [0.15, 0.2) is 12.1 Å². The van der Waals surface area contributed by atoms with Gasteiger partial charge >= 0.3 is 5.97 Å². The topological polar surface area (TPSA) is 49.8 Å². The molecule has 4 nitrogen and oxygen atoms in total. The van der Waals surface area contributed by atoms with Crippen molar-refractivity contribution in [1.29, 1.82) is 0 Å². The van der Waals surface area contributed by atoms with Gasteiger partial charge < -0.3 is 9.84 Å². The van der Waals surface area contributed by atoms with Crippen molar-refractivity contribution in [3.05, 3.63) is 28.8 Å². The lowest BCUT2D eigenvalue weighted by Crippen LogP contribution is -2.28. The van der Waals surface area contributed by atoms with Gasteiger partial charge in [0.25, 0.3) is 0 Å². The van der Waals surface area contributed by atoms with Crippen LogP contribution in [0.4, 0.5) is 0 Å². The minimum Gasteiger partial charge on any atom is -0.496 e. The summed E-state index contributed by atoms with van der Waals surface area (Å²) >= 11 is 6.40. The first-order valence-electron chi connectivity index (χ1n) is 6.04. The molecule has 0 aliphatic rings. The number of likely N-dealkylation sites (N-methyl/N-ethyl adjacent to an activating group) is 1. The average molecular weight is 286 g/mol. The molecule has 1 atom stereocenters. The fraction of sp³-hybridized carbons (Fsp3) is 0.500. The van der Waals surface area contributed by atoms with Crippen molar-refractivity contribution in [2.45, 2.75) is 19.2 Å². The molecule has 5 heteroatoms. The van der Waals surface area contributed by atoms with Crippen LogP contribution >= 0.6 is 11.6 Å². The number of hydrogen-bond donors (Lipinski definition) is 1. The SMILES string of the molecule is COc1c(C)cc(C)cc1C(Cl)CN(C)CC(=O)O. The first-order chi connectivity index (χ1) is 8.85. The second-order valence-corrected chi connectivity index (χ2v) is 5.29. The molecule has 19 heavy (non-hydrogen) atoms. The number of methoxy groups -OCH3 is 1. The van der Waals surface area contributed by atoms with Crippen LogP contribution in [-0.2, 0) is 4.79 Å². The molecule has 0 amide bonds. The molecule has 1 unspecified atom stereocenters. The molecule has 1 N–H and O–H groups in total. The molecule has 1 aromatic rings. The highest BCUT2D eigenvalue weighted by atomic mass is 35.5. The summed E-state index contributed by atoms with van der Waals surface area (Å²) in [5.41, 5.74) is 3.04. The largest absolute Gasteiger partial charge is 0.496 e. The number of aliphatic carboxylic acids is 1. The molecular formula is C14H20ClNO3. The van der Waals surface area contributed by atoms with Crippen molar-refractivity contribution >= 4 is 17.6 Å². The number of benzene rings is 1. The normalized spacial score (nSPS) is 12.5. The van der Waals surface area contributed by atoms with E-state index in [0.717, 1.165) is 22.4 Å². The molecule has 0 heterocycles. The van der Waals surface area contributed by atoms with E-state index in [1.165, 1.54) is 0 Å². The molecule has 0 aliphatic carbocycles. The molecule has 0 fully saturated rings. The maximum absolute atomic E-state index is 10.6. The molecule has 1 rings (SSSR count). The number of halogens is 1. The first-order valence-corrected chi connectivity index (χ1v) is 6.48. The third-order valence-electron chi connectivity index (χ3n) is 2.87. The van der Waals surface area contributed by atoms with Gasteiger partial charge in [0.15, 0.2) is 0 Å². The Kier molecular flexibility index (Phi) is 5.63. The van der Waals surface area contributed by atoms with Gasteiger partial charge in [-0.05, 0) is 26.5 Å². The molecule has 106 valence electrons. The van der Waals surface area contributed by atoms with Crippen molar-refractivity contribution in [3.8, 4) is 5.75 Å². The summed E-state index contributed by atoms with van der Waals surface area (Å²) in [5, 5.41) is 8.44. The second kappa shape index (κ2) is 6.78. The summed E-state index contributed by atoms with van der Waals surface area (Å²) in [6.45, 7) is 4.39. The molecule has 0 bridgehead atoms. The highest BCUT2D eigenvalue weighted by Gasteiger charge is 2.18. The summed E-state index contributed by atoms with van der Waals surface area (Å²) in [5.74, 6) is -0.0897. The monoisotopic (exact) mass is 285 g/mol. The number of carbonyl (C=O) groups is 1. The zero-order valence-corrected chi connectivity index (χ0v) is 12.5. The molecule has 0 saturated heterocycles. The van der Waals surface area contributed by atoms with Gasteiger partial charge in [-0.15, -0.1) is 11.6 Å². The number of carboxylic acids is 1. The minimum atomic E-state index is -0.862. The van der Waals surface area contributed by atoms with Crippen LogP contribution < -0.4 is 4.74 Å². The number of hydrogen-bond acceptors (Lipinski definition) is 3.